The Labute approximate surface area is 243 Å². The van der Waals surface area contributed by atoms with Gasteiger partial charge in [0.15, 0.2) is 0 Å². The van der Waals surface area contributed by atoms with Gasteiger partial charge in [-0.1, -0.05) is 25.7 Å². The first-order valence-electron chi connectivity index (χ1n) is 15.7. The minimum absolute atomic E-state index is 0.190. The van der Waals surface area contributed by atoms with Gasteiger partial charge in [0, 0.05) is 76.5 Å². The molecule has 40 heavy (non-hydrogen) atoms. The summed E-state index contributed by atoms with van der Waals surface area (Å²) in [6.45, 7) is 18.1. The van der Waals surface area contributed by atoms with E-state index in [1.165, 1.54) is 38.5 Å². The smallest absolute Gasteiger partial charge is 0.410 e. The summed E-state index contributed by atoms with van der Waals surface area (Å²) in [5, 5.41) is 0. The Bertz CT molecular complexity index is 731. The molecule has 10 heteroatoms. The zero-order valence-corrected chi connectivity index (χ0v) is 26.2. The number of amides is 2. The van der Waals surface area contributed by atoms with Crippen LogP contribution in [0, 0.1) is 0 Å². The maximum absolute atomic E-state index is 12.0. The summed E-state index contributed by atoms with van der Waals surface area (Å²) in [6, 6.07) is 1.61. The predicted molar refractivity (Wildman–Crippen MR) is 159 cm³/mol. The van der Waals surface area contributed by atoms with Gasteiger partial charge in [-0.05, 0) is 67.2 Å². The van der Waals surface area contributed by atoms with Crippen LogP contribution in [0.5, 0.6) is 0 Å². The molecule has 2 saturated heterocycles. The van der Waals surface area contributed by atoms with Crippen molar-refractivity contribution in [1.29, 1.82) is 0 Å². The van der Waals surface area contributed by atoms with E-state index in [0.717, 1.165) is 65.2 Å². The van der Waals surface area contributed by atoms with Crippen molar-refractivity contribution >= 4 is 12.2 Å². The Morgan fingerprint density at radius 3 is 1.12 bits per heavy atom. The van der Waals surface area contributed by atoms with E-state index in [0.29, 0.717) is 24.2 Å². The fourth-order valence-corrected chi connectivity index (χ4v) is 6.31. The van der Waals surface area contributed by atoms with Gasteiger partial charge in [0.2, 0.25) is 0 Å². The number of rotatable bonds is 2. The van der Waals surface area contributed by atoms with Gasteiger partial charge < -0.3 is 30.7 Å². The largest absolute Gasteiger partial charge is 0.444 e. The molecule has 10 nitrogen and oxygen atoms in total. The van der Waals surface area contributed by atoms with Crippen molar-refractivity contribution in [2.45, 2.75) is 128 Å². The zero-order valence-electron chi connectivity index (χ0n) is 26.2. The molecule has 4 N–H and O–H groups in total. The molecule has 0 aromatic rings. The topological polar surface area (TPSA) is 118 Å². The number of carbonyl (C=O) groups excluding carboxylic acids is 2. The van der Waals surface area contributed by atoms with Gasteiger partial charge in [0.25, 0.3) is 0 Å². The molecule has 0 radical (unpaired) electrons. The number of nitrogens with two attached hydrogens (primary N) is 2. The molecule has 2 aliphatic heterocycles. The summed E-state index contributed by atoms with van der Waals surface area (Å²) in [7, 11) is 0. The third kappa shape index (κ3) is 10.3. The highest BCUT2D eigenvalue weighted by molar-refractivity contribution is 5.68. The van der Waals surface area contributed by atoms with Crippen LogP contribution >= 0.6 is 0 Å². The van der Waals surface area contributed by atoms with Crippen molar-refractivity contribution in [2.75, 3.05) is 52.4 Å². The minimum Gasteiger partial charge on any atom is -0.444 e. The normalized spacial score (nSPS) is 29.3. The predicted octanol–water partition coefficient (Wildman–Crippen LogP) is 3.62. The van der Waals surface area contributed by atoms with Crippen LogP contribution in [-0.4, -0.2) is 120 Å². The molecule has 2 aliphatic carbocycles. The van der Waals surface area contributed by atoms with Gasteiger partial charge in [0.05, 0.1) is 0 Å². The number of nitrogens with zero attached hydrogens (tertiary/aromatic N) is 4. The summed E-state index contributed by atoms with van der Waals surface area (Å²) < 4.78 is 10.8. The van der Waals surface area contributed by atoms with E-state index in [-0.39, 0.29) is 12.2 Å². The van der Waals surface area contributed by atoms with Crippen molar-refractivity contribution in [3.63, 3.8) is 0 Å². The van der Waals surface area contributed by atoms with Crippen molar-refractivity contribution in [2.24, 2.45) is 11.5 Å². The first kappa shape index (κ1) is 32.9. The Balaban J connectivity index is 0.000000220. The van der Waals surface area contributed by atoms with Crippen LogP contribution in [0.3, 0.4) is 0 Å². The van der Waals surface area contributed by atoms with Crippen LogP contribution in [0.4, 0.5) is 9.59 Å². The van der Waals surface area contributed by atoms with Crippen LogP contribution in [0.25, 0.3) is 0 Å². The Morgan fingerprint density at radius 2 is 0.850 bits per heavy atom. The molecule has 4 atom stereocenters. The van der Waals surface area contributed by atoms with Crippen LogP contribution < -0.4 is 11.5 Å². The van der Waals surface area contributed by atoms with E-state index >= 15 is 0 Å². The van der Waals surface area contributed by atoms with Crippen LogP contribution in [0.15, 0.2) is 0 Å². The number of hydrogen-bond donors (Lipinski definition) is 2. The lowest BCUT2D eigenvalue weighted by Crippen LogP contribution is -2.57. The van der Waals surface area contributed by atoms with Crippen LogP contribution in [0.2, 0.25) is 0 Å². The second-order valence-corrected chi connectivity index (χ2v) is 14.0. The van der Waals surface area contributed by atoms with Gasteiger partial charge in [-0.3, -0.25) is 9.80 Å². The second kappa shape index (κ2) is 14.5. The van der Waals surface area contributed by atoms with E-state index < -0.39 is 11.2 Å². The van der Waals surface area contributed by atoms with E-state index in [1.807, 2.05) is 51.3 Å². The highest BCUT2D eigenvalue weighted by Crippen LogP contribution is 2.24. The SMILES string of the molecule is CC(C)(C)OC(=O)N1CCN([C@@H]2CCCC[C@@H]2N)CC1.CC(C)(C)OC(=O)N1CCN([C@H]2CCCC[C@H]2N)CC1. The number of ether oxygens (including phenoxy) is 2. The zero-order chi connectivity index (χ0) is 29.5. The molecule has 4 rings (SSSR count). The third-order valence-corrected chi connectivity index (χ3v) is 8.43. The summed E-state index contributed by atoms with van der Waals surface area (Å²) in [5.74, 6) is 0. The standard InChI is InChI=1S/2C15H29N3O2/c2*1-15(2,3)20-14(19)18-10-8-17(9-11-18)13-7-5-4-6-12(13)16/h2*12-13H,4-11,16H2,1-3H3/t2*12-,13+/m10/s1. The highest BCUT2D eigenvalue weighted by Gasteiger charge is 2.33. The fraction of sp³-hybridized carbons (Fsp3) is 0.933. The molecule has 0 aromatic carbocycles. The summed E-state index contributed by atoms with van der Waals surface area (Å²) >= 11 is 0. The molecule has 0 bridgehead atoms. The maximum atomic E-state index is 12.0. The maximum Gasteiger partial charge on any atom is 0.410 e. The van der Waals surface area contributed by atoms with Gasteiger partial charge in [-0.15, -0.1) is 0 Å². The van der Waals surface area contributed by atoms with Gasteiger partial charge >= 0.3 is 12.2 Å². The van der Waals surface area contributed by atoms with Crippen molar-refractivity contribution in [1.82, 2.24) is 19.6 Å². The lowest BCUT2D eigenvalue weighted by Gasteiger charge is -2.43. The number of piperazine rings is 2. The third-order valence-electron chi connectivity index (χ3n) is 8.43. The van der Waals surface area contributed by atoms with E-state index in [1.54, 1.807) is 0 Å². The van der Waals surface area contributed by atoms with Crippen LogP contribution in [0.1, 0.15) is 92.9 Å². The van der Waals surface area contributed by atoms with Gasteiger partial charge in [0.1, 0.15) is 11.2 Å². The van der Waals surface area contributed by atoms with Gasteiger partial charge in [-0.2, -0.15) is 0 Å². The lowest BCUT2D eigenvalue weighted by molar-refractivity contribution is 0.00603. The first-order valence-corrected chi connectivity index (χ1v) is 15.7. The molecular formula is C30H58N6O4. The Hall–Kier alpha value is -1.62. The van der Waals surface area contributed by atoms with Gasteiger partial charge in [-0.25, -0.2) is 9.59 Å². The van der Waals surface area contributed by atoms with E-state index in [4.69, 9.17) is 20.9 Å². The van der Waals surface area contributed by atoms with E-state index in [9.17, 15) is 9.59 Å². The molecule has 0 aromatic heterocycles. The molecule has 0 unspecified atom stereocenters. The molecule has 2 amide bonds. The Morgan fingerprint density at radius 1 is 0.550 bits per heavy atom. The summed E-state index contributed by atoms with van der Waals surface area (Å²) in [6.07, 6.45) is 9.38. The summed E-state index contributed by atoms with van der Waals surface area (Å²) in [5.41, 5.74) is 11.6. The average molecular weight is 567 g/mol. The molecule has 2 saturated carbocycles. The number of carbonyl (C=O) groups is 2. The van der Waals surface area contributed by atoms with Crippen molar-refractivity contribution in [3.8, 4) is 0 Å². The molecule has 232 valence electrons. The lowest BCUT2D eigenvalue weighted by atomic mass is 9.89. The van der Waals surface area contributed by atoms with Crippen LogP contribution in [-0.2, 0) is 9.47 Å². The molecular weight excluding hydrogens is 508 g/mol. The highest BCUT2D eigenvalue weighted by atomic mass is 16.6. The van der Waals surface area contributed by atoms with Crippen molar-refractivity contribution in [3.05, 3.63) is 0 Å². The molecule has 2 heterocycles. The molecule has 4 aliphatic rings. The minimum atomic E-state index is -0.417. The average Bonchev–Trinajstić information content (AvgIpc) is 2.88. The molecule has 0 spiro atoms. The van der Waals surface area contributed by atoms with E-state index in [2.05, 4.69) is 9.80 Å². The first-order chi connectivity index (χ1) is 18.7. The second-order valence-electron chi connectivity index (χ2n) is 14.0. The summed E-state index contributed by atoms with van der Waals surface area (Å²) in [4.78, 5) is 32.6. The quantitative estimate of drug-likeness (QED) is 0.521. The fourth-order valence-electron chi connectivity index (χ4n) is 6.31. The monoisotopic (exact) mass is 566 g/mol. The number of hydrogen-bond acceptors (Lipinski definition) is 8. The van der Waals surface area contributed by atoms with Crippen molar-refractivity contribution < 1.29 is 19.1 Å². The molecule has 4 fully saturated rings. The Kier molecular flexibility index (Phi) is 11.9.